The Morgan fingerprint density at radius 2 is 1.48 bits per heavy atom. The van der Waals surface area contributed by atoms with E-state index in [9.17, 15) is 31.5 Å². The van der Waals surface area contributed by atoms with Gasteiger partial charge in [-0.05, 0) is 60.4 Å². The molecule has 2 amide bonds. The van der Waals surface area contributed by atoms with Crippen molar-refractivity contribution in [3.63, 3.8) is 0 Å². The molecule has 3 aromatic carbocycles. The van der Waals surface area contributed by atoms with Crippen LogP contribution in [0.4, 0.5) is 29.3 Å². The summed E-state index contributed by atoms with van der Waals surface area (Å²) in [6.07, 6.45) is -4.67. The summed E-state index contributed by atoms with van der Waals surface area (Å²) in [5, 5.41) is 11.8. The summed E-state index contributed by atoms with van der Waals surface area (Å²) in [6, 6.07) is 17.1. The van der Waals surface area contributed by atoms with Crippen molar-refractivity contribution in [2.75, 3.05) is 32.1 Å². The first-order valence-corrected chi connectivity index (χ1v) is 14.8. The van der Waals surface area contributed by atoms with Gasteiger partial charge in [0.15, 0.2) is 0 Å². The third-order valence-corrected chi connectivity index (χ3v) is 8.96. The van der Waals surface area contributed by atoms with Crippen LogP contribution in [0.15, 0.2) is 77.7 Å². The number of piperidine rings is 1. The molecule has 2 aliphatic rings. The largest absolute Gasteiger partial charge is 0.573 e. The van der Waals surface area contributed by atoms with Crippen molar-refractivity contribution in [2.24, 2.45) is 0 Å². The van der Waals surface area contributed by atoms with Gasteiger partial charge in [0.2, 0.25) is 10.0 Å². The summed E-state index contributed by atoms with van der Waals surface area (Å²) in [5.41, 5.74) is 3.81. The number of ether oxygens (including phenoxy) is 1. The monoisotopic (exact) mass is 604 g/mol. The molecule has 224 valence electrons. The molecule has 0 aromatic heterocycles. The molecule has 2 N–H and O–H groups in total. The highest BCUT2D eigenvalue weighted by Crippen LogP contribution is 2.39. The average molecular weight is 605 g/mol. The van der Waals surface area contributed by atoms with Gasteiger partial charge in [-0.1, -0.05) is 36.4 Å². The normalized spacial score (nSPS) is 20.8. The highest BCUT2D eigenvalue weighted by Gasteiger charge is 2.44. The van der Waals surface area contributed by atoms with Crippen molar-refractivity contribution in [3.05, 3.63) is 83.9 Å². The Labute approximate surface area is 242 Å². The van der Waals surface area contributed by atoms with Gasteiger partial charge < -0.3 is 24.5 Å². The highest BCUT2D eigenvalue weighted by atomic mass is 32.2. The second kappa shape index (κ2) is 11.5. The van der Waals surface area contributed by atoms with E-state index in [0.717, 1.165) is 59.6 Å². The molecule has 1 fully saturated rings. The number of anilines is 2. The molecule has 42 heavy (non-hydrogen) atoms. The molecule has 5 rings (SSSR count). The summed E-state index contributed by atoms with van der Waals surface area (Å²) in [4.78, 5) is 17.7. The molecule has 0 aliphatic carbocycles. The van der Waals surface area contributed by atoms with Gasteiger partial charge in [0.05, 0.1) is 23.1 Å². The molecule has 0 radical (unpaired) electrons. The van der Waals surface area contributed by atoms with Crippen molar-refractivity contribution in [1.82, 2.24) is 14.5 Å². The molecule has 1 unspecified atom stereocenters. The SMILES string of the molecule is CN(C)C(=O)N1CC(N2c3ccccc3CCc3ccccc32)[C@@H](O)[C@H](NS(=O)(=O)c2ccc(OC(F)(F)F)cc2)C1. The number of para-hydroxylation sites is 2. The number of aryl methyl sites for hydroxylation is 2. The number of carbonyl (C=O) groups excluding carboxylic acids is 1. The van der Waals surface area contributed by atoms with Gasteiger partial charge in [-0.25, -0.2) is 17.9 Å². The first kappa shape index (κ1) is 29.7. The number of halogens is 3. The molecular weight excluding hydrogens is 573 g/mol. The van der Waals surface area contributed by atoms with Gasteiger partial charge in [-0.3, -0.25) is 0 Å². The fourth-order valence-electron chi connectivity index (χ4n) is 5.56. The molecular formula is C29H31F3N4O5S. The maximum absolute atomic E-state index is 13.4. The second-order valence-electron chi connectivity index (χ2n) is 10.5. The Kier molecular flexibility index (Phi) is 8.10. The zero-order valence-corrected chi connectivity index (χ0v) is 23.8. The summed E-state index contributed by atoms with van der Waals surface area (Å²) < 4.78 is 70.8. The molecule has 0 spiro atoms. The fraction of sp³-hybridized carbons (Fsp3) is 0.345. The lowest BCUT2D eigenvalue weighted by Crippen LogP contribution is -2.66. The van der Waals surface area contributed by atoms with Gasteiger partial charge in [0.1, 0.15) is 5.75 Å². The van der Waals surface area contributed by atoms with Crippen LogP contribution >= 0.6 is 0 Å². The number of nitrogens with zero attached hydrogens (tertiary/aromatic N) is 3. The second-order valence-corrected chi connectivity index (χ2v) is 12.2. The van der Waals surface area contributed by atoms with Crippen LogP contribution in [0.25, 0.3) is 0 Å². The van der Waals surface area contributed by atoms with Crippen molar-refractivity contribution < 1.29 is 36.2 Å². The number of amides is 2. The van der Waals surface area contributed by atoms with E-state index in [1.54, 1.807) is 14.1 Å². The number of urea groups is 1. The Morgan fingerprint density at radius 3 is 2.00 bits per heavy atom. The number of nitrogens with one attached hydrogen (secondary N) is 1. The molecule has 9 nitrogen and oxygen atoms in total. The van der Waals surface area contributed by atoms with Crippen molar-refractivity contribution >= 4 is 27.4 Å². The number of aliphatic hydroxyl groups excluding tert-OH is 1. The summed E-state index contributed by atoms with van der Waals surface area (Å²) in [5.74, 6) is -0.569. The van der Waals surface area contributed by atoms with Crippen LogP contribution in [-0.2, 0) is 22.9 Å². The summed E-state index contributed by atoms with van der Waals surface area (Å²) in [7, 11) is -1.15. The summed E-state index contributed by atoms with van der Waals surface area (Å²) in [6.45, 7) is -0.0110. The first-order valence-electron chi connectivity index (χ1n) is 13.3. The number of likely N-dealkylation sites (tertiary alicyclic amines) is 1. The van der Waals surface area contributed by atoms with E-state index < -0.39 is 40.3 Å². The van der Waals surface area contributed by atoms with E-state index in [-0.39, 0.29) is 24.0 Å². The smallest absolute Gasteiger partial charge is 0.406 e. The van der Waals surface area contributed by atoms with Crippen LogP contribution in [-0.4, -0.2) is 81.1 Å². The van der Waals surface area contributed by atoms with Gasteiger partial charge in [0, 0.05) is 38.6 Å². The minimum atomic E-state index is -4.92. The Balaban J connectivity index is 1.51. The number of alkyl halides is 3. The lowest BCUT2D eigenvalue weighted by molar-refractivity contribution is -0.274. The van der Waals surface area contributed by atoms with Gasteiger partial charge in [-0.2, -0.15) is 0 Å². The fourth-order valence-corrected chi connectivity index (χ4v) is 6.80. The van der Waals surface area contributed by atoms with Crippen molar-refractivity contribution in [2.45, 2.75) is 42.3 Å². The Hall–Kier alpha value is -3.81. The van der Waals surface area contributed by atoms with Crippen LogP contribution in [0.1, 0.15) is 11.1 Å². The van der Waals surface area contributed by atoms with Gasteiger partial charge >= 0.3 is 12.4 Å². The minimum absolute atomic E-state index is 0.114. The number of sulfonamides is 1. The molecule has 1 saturated heterocycles. The number of rotatable bonds is 5. The summed E-state index contributed by atoms with van der Waals surface area (Å²) >= 11 is 0. The molecule has 0 saturated carbocycles. The first-order chi connectivity index (χ1) is 19.8. The van der Waals surface area contributed by atoms with Crippen LogP contribution < -0.4 is 14.4 Å². The molecule has 2 heterocycles. The van der Waals surface area contributed by atoms with E-state index in [4.69, 9.17) is 0 Å². The number of benzene rings is 3. The van der Waals surface area contributed by atoms with E-state index >= 15 is 0 Å². The molecule has 0 bridgehead atoms. The minimum Gasteiger partial charge on any atom is -0.406 e. The zero-order valence-electron chi connectivity index (χ0n) is 23.0. The number of fused-ring (bicyclic) bond motifs is 2. The maximum Gasteiger partial charge on any atom is 0.573 e. The zero-order chi connectivity index (χ0) is 30.2. The van der Waals surface area contributed by atoms with Crippen LogP contribution in [0, 0.1) is 0 Å². The number of carbonyl (C=O) groups is 1. The topological polar surface area (TPSA) is 102 Å². The Bertz CT molecular complexity index is 1500. The average Bonchev–Trinajstić information content (AvgIpc) is 3.10. The molecule has 3 atom stereocenters. The highest BCUT2D eigenvalue weighted by molar-refractivity contribution is 7.89. The predicted molar refractivity (Wildman–Crippen MR) is 150 cm³/mol. The molecule has 13 heteroatoms. The Morgan fingerprint density at radius 1 is 0.929 bits per heavy atom. The van der Waals surface area contributed by atoms with Crippen molar-refractivity contribution in [1.29, 1.82) is 0 Å². The third kappa shape index (κ3) is 6.18. The number of aliphatic hydroxyl groups is 1. The molecule has 3 aromatic rings. The van der Waals surface area contributed by atoms with E-state index in [1.807, 2.05) is 53.4 Å². The number of hydrogen-bond acceptors (Lipinski definition) is 6. The third-order valence-electron chi connectivity index (χ3n) is 7.46. The van der Waals surface area contributed by atoms with Crippen LogP contribution in [0.2, 0.25) is 0 Å². The van der Waals surface area contributed by atoms with Gasteiger partial charge in [0.25, 0.3) is 0 Å². The quantitative estimate of drug-likeness (QED) is 0.458. The maximum atomic E-state index is 13.4. The van der Waals surface area contributed by atoms with Gasteiger partial charge in [-0.15, -0.1) is 13.2 Å². The number of hydrogen-bond donors (Lipinski definition) is 2. The van der Waals surface area contributed by atoms with E-state index in [1.165, 1.54) is 9.80 Å². The van der Waals surface area contributed by atoms with Crippen LogP contribution in [0.5, 0.6) is 5.75 Å². The van der Waals surface area contributed by atoms with Crippen LogP contribution in [0.3, 0.4) is 0 Å². The van der Waals surface area contributed by atoms with Crippen molar-refractivity contribution in [3.8, 4) is 5.75 Å². The predicted octanol–water partition coefficient (Wildman–Crippen LogP) is 3.90. The standard InChI is InChI=1S/C29H31F3N4O5S/c1-34(2)28(38)35-17-23(33-42(39,40)22-15-13-21(14-16-22)41-29(30,31)32)27(37)26(18-35)36-24-9-5-3-7-19(24)11-12-20-8-4-6-10-25(20)36/h3-10,13-16,23,26-27,33,37H,11-12,17-18H2,1-2H3/t23-,26?,27+/m1/s1. The van der Waals surface area contributed by atoms with E-state index in [0.29, 0.717) is 0 Å². The molecule has 2 aliphatic heterocycles. The van der Waals surface area contributed by atoms with E-state index in [2.05, 4.69) is 9.46 Å². The lowest BCUT2D eigenvalue weighted by atomic mass is 9.94. The lowest BCUT2D eigenvalue weighted by Gasteiger charge is -2.47.